The predicted molar refractivity (Wildman–Crippen MR) is 41.9 cm³/mol. The van der Waals surface area contributed by atoms with Crippen molar-refractivity contribution in [3.8, 4) is 0 Å². The second kappa shape index (κ2) is 2.90. The van der Waals surface area contributed by atoms with Crippen molar-refractivity contribution < 1.29 is 8.78 Å². The normalized spacial score (nSPS) is 18.2. The van der Waals surface area contributed by atoms with Crippen LogP contribution in [0.1, 0.15) is 13.8 Å². The first-order valence-corrected chi connectivity index (χ1v) is 3.79. The van der Waals surface area contributed by atoms with E-state index >= 15 is 0 Å². The summed E-state index contributed by atoms with van der Waals surface area (Å²) in [5.41, 5.74) is 4.87. The van der Waals surface area contributed by atoms with E-state index in [1.54, 1.807) is 7.05 Å². The molecule has 0 aromatic heterocycles. The van der Waals surface area contributed by atoms with Crippen LogP contribution in [0.15, 0.2) is 11.9 Å². The fourth-order valence-corrected chi connectivity index (χ4v) is 0.887. The van der Waals surface area contributed by atoms with Gasteiger partial charge in [-0.3, -0.25) is 5.01 Å². The highest BCUT2D eigenvalue weighted by molar-refractivity contribution is 5.12. The molecule has 1 aliphatic rings. The monoisotopic (exact) mass is 177 g/mol. The summed E-state index contributed by atoms with van der Waals surface area (Å²) >= 11 is 0. The van der Waals surface area contributed by atoms with Gasteiger partial charge in [0, 0.05) is 19.2 Å². The third-order valence-electron chi connectivity index (χ3n) is 1.77. The molecule has 0 saturated heterocycles. The Labute approximate surface area is 70.4 Å². The van der Waals surface area contributed by atoms with Gasteiger partial charge in [0.2, 0.25) is 0 Å². The highest BCUT2D eigenvalue weighted by Gasteiger charge is 2.40. The zero-order chi connectivity index (χ0) is 9.35. The van der Waals surface area contributed by atoms with E-state index in [0.29, 0.717) is 0 Å². The number of hydrazine groups is 2. The Morgan fingerprint density at radius 2 is 2.08 bits per heavy atom. The maximum Gasteiger partial charge on any atom is 0.292 e. The lowest BCUT2D eigenvalue weighted by atomic mass is 10.0. The van der Waals surface area contributed by atoms with Crippen LogP contribution >= 0.6 is 0 Å². The van der Waals surface area contributed by atoms with Crippen LogP contribution in [-0.4, -0.2) is 18.0 Å². The first-order chi connectivity index (χ1) is 5.44. The van der Waals surface area contributed by atoms with Crippen molar-refractivity contribution in [1.82, 2.24) is 16.0 Å². The Kier molecular flexibility index (Phi) is 2.23. The summed E-state index contributed by atoms with van der Waals surface area (Å²) < 4.78 is 26.5. The molecule has 0 spiro atoms. The van der Waals surface area contributed by atoms with E-state index in [-0.39, 0.29) is 5.70 Å². The highest BCUT2D eigenvalue weighted by Crippen LogP contribution is 2.31. The van der Waals surface area contributed by atoms with E-state index in [1.807, 2.05) is 0 Å². The van der Waals surface area contributed by atoms with E-state index in [2.05, 4.69) is 11.0 Å². The van der Waals surface area contributed by atoms with Gasteiger partial charge in [-0.1, -0.05) is 13.8 Å². The summed E-state index contributed by atoms with van der Waals surface area (Å²) in [4.78, 5) is 0. The first-order valence-electron chi connectivity index (χ1n) is 3.79. The molecule has 0 aliphatic carbocycles. The van der Waals surface area contributed by atoms with Crippen LogP contribution < -0.4 is 11.0 Å². The number of alkyl halides is 2. The molecule has 2 N–H and O–H groups in total. The summed E-state index contributed by atoms with van der Waals surface area (Å²) in [6, 6.07) is 0. The van der Waals surface area contributed by atoms with E-state index in [9.17, 15) is 8.78 Å². The molecule has 0 aromatic carbocycles. The number of hydrogen-bond acceptors (Lipinski definition) is 3. The Morgan fingerprint density at radius 1 is 1.50 bits per heavy atom. The van der Waals surface area contributed by atoms with Gasteiger partial charge in [0.05, 0.1) is 0 Å². The maximum absolute atomic E-state index is 13.2. The van der Waals surface area contributed by atoms with Crippen molar-refractivity contribution in [1.29, 1.82) is 0 Å². The number of rotatable bonds is 2. The Bertz CT molecular complexity index is 201. The largest absolute Gasteiger partial charge is 0.301 e. The summed E-state index contributed by atoms with van der Waals surface area (Å²) in [5, 5.41) is 1.45. The average Bonchev–Trinajstić information content (AvgIpc) is 2.35. The summed E-state index contributed by atoms with van der Waals surface area (Å²) in [6.45, 7) is 2.97. The Hall–Kier alpha value is -0.840. The standard InChI is InChI=1S/C7H13F2N3/c1-5(2)7(8,9)6-4-12(3)11-10-6/h4-5,10-11H,1-3H3. The number of nitrogens with zero attached hydrogens (tertiary/aromatic N) is 1. The predicted octanol–water partition coefficient (Wildman–Crippen LogP) is 1.07. The lowest BCUT2D eigenvalue weighted by Gasteiger charge is -2.20. The first kappa shape index (κ1) is 9.25. The fourth-order valence-electron chi connectivity index (χ4n) is 0.887. The fraction of sp³-hybridized carbons (Fsp3) is 0.714. The third-order valence-corrected chi connectivity index (χ3v) is 1.77. The molecular weight excluding hydrogens is 164 g/mol. The minimum atomic E-state index is -2.79. The van der Waals surface area contributed by atoms with Gasteiger partial charge >= 0.3 is 0 Å². The quantitative estimate of drug-likeness (QED) is 0.660. The van der Waals surface area contributed by atoms with Crippen LogP contribution in [0.4, 0.5) is 8.78 Å². The van der Waals surface area contributed by atoms with Crippen LogP contribution in [0.25, 0.3) is 0 Å². The molecule has 3 nitrogen and oxygen atoms in total. The number of hydrogen-bond donors (Lipinski definition) is 2. The van der Waals surface area contributed by atoms with E-state index < -0.39 is 11.8 Å². The molecule has 0 radical (unpaired) electrons. The van der Waals surface area contributed by atoms with Crippen molar-refractivity contribution in [2.75, 3.05) is 7.05 Å². The Balaban J connectivity index is 2.76. The van der Waals surface area contributed by atoms with Gasteiger partial charge in [0.15, 0.2) is 0 Å². The minimum absolute atomic E-state index is 0.0833. The van der Waals surface area contributed by atoms with Gasteiger partial charge in [-0.05, 0) is 0 Å². The van der Waals surface area contributed by atoms with Gasteiger partial charge in [0.25, 0.3) is 5.92 Å². The Morgan fingerprint density at radius 3 is 2.42 bits per heavy atom. The van der Waals surface area contributed by atoms with Crippen molar-refractivity contribution in [3.05, 3.63) is 11.9 Å². The molecule has 5 heteroatoms. The molecule has 1 aliphatic heterocycles. The van der Waals surface area contributed by atoms with Crippen LogP contribution in [0.5, 0.6) is 0 Å². The van der Waals surface area contributed by atoms with Crippen LogP contribution in [0.3, 0.4) is 0 Å². The van der Waals surface area contributed by atoms with Gasteiger partial charge < -0.3 is 5.43 Å². The van der Waals surface area contributed by atoms with E-state index in [1.165, 1.54) is 25.1 Å². The van der Waals surface area contributed by atoms with Crippen molar-refractivity contribution in [2.45, 2.75) is 19.8 Å². The van der Waals surface area contributed by atoms with Crippen molar-refractivity contribution >= 4 is 0 Å². The molecule has 1 rings (SSSR count). The number of nitrogens with one attached hydrogen (secondary N) is 2. The van der Waals surface area contributed by atoms with Crippen molar-refractivity contribution in [2.24, 2.45) is 5.92 Å². The lowest BCUT2D eigenvalue weighted by molar-refractivity contribution is -0.0126. The molecule has 0 saturated carbocycles. The molecule has 1 heterocycles. The van der Waals surface area contributed by atoms with Crippen LogP contribution in [0.2, 0.25) is 0 Å². The summed E-state index contributed by atoms with van der Waals surface area (Å²) in [6.07, 6.45) is 1.35. The molecule has 0 fully saturated rings. The summed E-state index contributed by atoms with van der Waals surface area (Å²) in [5.74, 6) is -3.50. The third kappa shape index (κ3) is 1.50. The topological polar surface area (TPSA) is 27.3 Å². The van der Waals surface area contributed by atoms with Gasteiger partial charge in [-0.15, -0.1) is 5.53 Å². The highest BCUT2D eigenvalue weighted by atomic mass is 19.3. The average molecular weight is 177 g/mol. The van der Waals surface area contributed by atoms with Crippen molar-refractivity contribution in [3.63, 3.8) is 0 Å². The SMILES string of the molecule is CC(C)C(F)(F)C1=CN(C)NN1. The number of halogens is 2. The molecule has 0 aromatic rings. The second-order valence-electron chi connectivity index (χ2n) is 3.17. The zero-order valence-electron chi connectivity index (χ0n) is 7.36. The molecule has 70 valence electrons. The molecule has 0 bridgehead atoms. The van der Waals surface area contributed by atoms with Crippen LogP contribution in [0, 0.1) is 5.92 Å². The molecule has 0 atom stereocenters. The lowest BCUT2D eigenvalue weighted by Crippen LogP contribution is -2.39. The molecule has 0 unspecified atom stereocenters. The maximum atomic E-state index is 13.2. The molecule has 12 heavy (non-hydrogen) atoms. The van der Waals surface area contributed by atoms with Gasteiger partial charge in [-0.25, -0.2) is 0 Å². The zero-order valence-corrected chi connectivity index (χ0v) is 7.36. The summed E-state index contributed by atoms with van der Waals surface area (Å²) in [7, 11) is 1.65. The molecular formula is C7H13F2N3. The van der Waals surface area contributed by atoms with Gasteiger partial charge in [0.1, 0.15) is 5.70 Å². The number of allylic oxidation sites excluding steroid dienone is 1. The van der Waals surface area contributed by atoms with E-state index in [4.69, 9.17) is 0 Å². The van der Waals surface area contributed by atoms with E-state index in [0.717, 1.165) is 0 Å². The van der Waals surface area contributed by atoms with Crippen LogP contribution in [-0.2, 0) is 0 Å². The minimum Gasteiger partial charge on any atom is -0.301 e. The second-order valence-corrected chi connectivity index (χ2v) is 3.17. The molecule has 0 amide bonds. The smallest absolute Gasteiger partial charge is 0.292 e. The van der Waals surface area contributed by atoms with Gasteiger partial charge in [-0.2, -0.15) is 8.78 Å².